The molecule has 2 heterocycles. The Morgan fingerprint density at radius 3 is 3.06 bits per heavy atom. The number of aromatic nitrogens is 4. The molecular formula is C11H14ClN5. The minimum absolute atomic E-state index is 0.455. The zero-order valence-corrected chi connectivity index (χ0v) is 10.6. The summed E-state index contributed by atoms with van der Waals surface area (Å²) >= 11 is 5.99. The molecule has 6 heteroatoms. The van der Waals surface area contributed by atoms with Crippen LogP contribution in [0.3, 0.4) is 0 Å². The van der Waals surface area contributed by atoms with Crippen LogP contribution in [0, 0.1) is 11.8 Å². The summed E-state index contributed by atoms with van der Waals surface area (Å²) in [6.45, 7) is 3.31. The van der Waals surface area contributed by atoms with Crippen LogP contribution in [0.2, 0.25) is 5.15 Å². The molecule has 1 fully saturated rings. The summed E-state index contributed by atoms with van der Waals surface area (Å²) in [6, 6.07) is 1.83. The Bertz CT molecular complexity index is 552. The fourth-order valence-corrected chi connectivity index (χ4v) is 2.31. The number of anilines is 1. The molecule has 0 saturated heterocycles. The molecule has 2 aromatic rings. The zero-order valence-electron chi connectivity index (χ0n) is 9.84. The highest BCUT2D eigenvalue weighted by molar-refractivity contribution is 6.29. The molecule has 2 unspecified atom stereocenters. The second-order valence-electron chi connectivity index (χ2n) is 4.76. The zero-order chi connectivity index (χ0) is 12.0. The van der Waals surface area contributed by atoms with E-state index in [0.717, 1.165) is 24.2 Å². The number of rotatable bonds is 3. The lowest BCUT2D eigenvalue weighted by Crippen LogP contribution is -2.23. The van der Waals surface area contributed by atoms with Gasteiger partial charge in [0.15, 0.2) is 0 Å². The number of nitrogens with zero attached hydrogens (tertiary/aromatic N) is 5. The number of halogens is 1. The van der Waals surface area contributed by atoms with Crippen LogP contribution in [0.5, 0.6) is 0 Å². The fraction of sp³-hybridized carbons (Fsp3) is 0.545. The molecule has 3 rings (SSSR count). The van der Waals surface area contributed by atoms with E-state index in [1.807, 2.05) is 6.07 Å². The molecule has 2 atom stereocenters. The van der Waals surface area contributed by atoms with Crippen LogP contribution < -0.4 is 4.90 Å². The quantitative estimate of drug-likeness (QED) is 0.782. The maximum atomic E-state index is 5.99. The smallest absolute Gasteiger partial charge is 0.255 e. The number of fused-ring (bicyclic) bond motifs is 1. The van der Waals surface area contributed by atoms with Gasteiger partial charge in [0.2, 0.25) is 0 Å². The predicted octanol–water partition coefficient (Wildman–Crippen LogP) is 1.87. The van der Waals surface area contributed by atoms with Gasteiger partial charge in [0.25, 0.3) is 5.78 Å². The molecule has 5 nitrogen and oxygen atoms in total. The van der Waals surface area contributed by atoms with Gasteiger partial charge in [-0.15, -0.1) is 0 Å². The van der Waals surface area contributed by atoms with Crippen molar-refractivity contribution in [2.75, 3.05) is 18.5 Å². The van der Waals surface area contributed by atoms with E-state index in [1.165, 1.54) is 12.7 Å². The normalized spacial score (nSPS) is 23.0. The average molecular weight is 252 g/mol. The van der Waals surface area contributed by atoms with Crippen molar-refractivity contribution in [3.63, 3.8) is 0 Å². The van der Waals surface area contributed by atoms with E-state index >= 15 is 0 Å². The Hall–Kier alpha value is -1.36. The number of hydrogen-bond donors (Lipinski definition) is 0. The van der Waals surface area contributed by atoms with Crippen molar-refractivity contribution in [1.82, 2.24) is 19.6 Å². The maximum Gasteiger partial charge on any atom is 0.255 e. The molecule has 0 amide bonds. The van der Waals surface area contributed by atoms with Crippen LogP contribution in [0.15, 0.2) is 12.4 Å². The van der Waals surface area contributed by atoms with Crippen LogP contribution in [-0.2, 0) is 0 Å². The van der Waals surface area contributed by atoms with Crippen molar-refractivity contribution in [2.45, 2.75) is 13.3 Å². The van der Waals surface area contributed by atoms with E-state index in [9.17, 15) is 0 Å². The van der Waals surface area contributed by atoms with E-state index in [-0.39, 0.29) is 0 Å². The lowest BCUT2D eigenvalue weighted by molar-refractivity contribution is 0.708. The van der Waals surface area contributed by atoms with Gasteiger partial charge < -0.3 is 4.90 Å². The monoisotopic (exact) mass is 251 g/mol. The third-order valence-corrected chi connectivity index (χ3v) is 3.57. The molecule has 0 aromatic carbocycles. The van der Waals surface area contributed by atoms with Crippen LogP contribution in [0.1, 0.15) is 13.3 Å². The van der Waals surface area contributed by atoms with Gasteiger partial charge in [0.05, 0.1) is 0 Å². The van der Waals surface area contributed by atoms with Gasteiger partial charge >= 0.3 is 0 Å². The molecular weight excluding hydrogens is 238 g/mol. The molecule has 90 valence electrons. The van der Waals surface area contributed by atoms with Crippen molar-refractivity contribution in [1.29, 1.82) is 0 Å². The topological polar surface area (TPSA) is 46.3 Å². The Morgan fingerprint density at radius 1 is 1.59 bits per heavy atom. The Kier molecular flexibility index (Phi) is 2.43. The molecule has 1 saturated carbocycles. The first-order valence-electron chi connectivity index (χ1n) is 5.72. The molecule has 0 aliphatic heterocycles. The van der Waals surface area contributed by atoms with Gasteiger partial charge in [0, 0.05) is 19.7 Å². The van der Waals surface area contributed by atoms with E-state index in [4.69, 9.17) is 11.6 Å². The van der Waals surface area contributed by atoms with Crippen molar-refractivity contribution >= 4 is 23.2 Å². The van der Waals surface area contributed by atoms with Gasteiger partial charge in [-0.2, -0.15) is 19.6 Å². The summed E-state index contributed by atoms with van der Waals surface area (Å²) in [5.41, 5.74) is 0. The summed E-state index contributed by atoms with van der Waals surface area (Å²) in [7, 11) is 2.05. The van der Waals surface area contributed by atoms with Crippen LogP contribution in [0.4, 0.5) is 5.82 Å². The van der Waals surface area contributed by atoms with E-state index in [2.05, 4.69) is 33.9 Å². The highest BCUT2D eigenvalue weighted by Gasteiger charge is 2.33. The van der Waals surface area contributed by atoms with E-state index in [0.29, 0.717) is 10.9 Å². The van der Waals surface area contributed by atoms with Gasteiger partial charge in [-0.1, -0.05) is 18.5 Å². The third kappa shape index (κ3) is 1.95. The van der Waals surface area contributed by atoms with Crippen LogP contribution >= 0.6 is 11.6 Å². The van der Waals surface area contributed by atoms with Crippen LogP contribution in [0.25, 0.3) is 5.78 Å². The molecule has 2 aromatic heterocycles. The highest BCUT2D eigenvalue weighted by atomic mass is 35.5. The molecule has 0 spiro atoms. The van der Waals surface area contributed by atoms with Gasteiger partial charge in [-0.3, -0.25) is 0 Å². The van der Waals surface area contributed by atoms with Gasteiger partial charge in [0.1, 0.15) is 17.3 Å². The van der Waals surface area contributed by atoms with Crippen LogP contribution in [-0.4, -0.2) is 33.2 Å². The minimum atomic E-state index is 0.455. The summed E-state index contributed by atoms with van der Waals surface area (Å²) < 4.78 is 1.72. The van der Waals surface area contributed by atoms with Crippen molar-refractivity contribution in [3.8, 4) is 0 Å². The van der Waals surface area contributed by atoms with Crippen molar-refractivity contribution in [2.24, 2.45) is 11.8 Å². The van der Waals surface area contributed by atoms with Crippen molar-refractivity contribution < 1.29 is 0 Å². The SMILES string of the molecule is CC1CC1CN(C)c1cc(Cl)nc2ncnn12. The average Bonchev–Trinajstić information content (AvgIpc) is 2.78. The second-order valence-corrected chi connectivity index (χ2v) is 5.15. The summed E-state index contributed by atoms with van der Waals surface area (Å²) in [5.74, 6) is 3.10. The maximum absolute atomic E-state index is 5.99. The first-order chi connectivity index (χ1) is 8.15. The fourth-order valence-electron chi connectivity index (χ4n) is 2.14. The highest BCUT2D eigenvalue weighted by Crippen LogP contribution is 2.38. The largest absolute Gasteiger partial charge is 0.359 e. The van der Waals surface area contributed by atoms with Gasteiger partial charge in [-0.25, -0.2) is 0 Å². The summed E-state index contributed by atoms with van der Waals surface area (Å²) in [5, 5.41) is 4.63. The van der Waals surface area contributed by atoms with E-state index < -0.39 is 0 Å². The minimum Gasteiger partial charge on any atom is -0.359 e. The molecule has 17 heavy (non-hydrogen) atoms. The predicted molar refractivity (Wildman–Crippen MR) is 66.3 cm³/mol. The second kappa shape index (κ2) is 3.84. The first-order valence-corrected chi connectivity index (χ1v) is 6.10. The number of hydrogen-bond acceptors (Lipinski definition) is 4. The molecule has 1 aliphatic rings. The van der Waals surface area contributed by atoms with Gasteiger partial charge in [-0.05, 0) is 18.3 Å². The Morgan fingerprint density at radius 2 is 2.35 bits per heavy atom. The molecule has 0 radical (unpaired) electrons. The molecule has 0 N–H and O–H groups in total. The summed E-state index contributed by atoms with van der Waals surface area (Å²) in [4.78, 5) is 10.3. The van der Waals surface area contributed by atoms with Crippen molar-refractivity contribution in [3.05, 3.63) is 17.5 Å². The lowest BCUT2D eigenvalue weighted by Gasteiger charge is -2.19. The lowest BCUT2D eigenvalue weighted by atomic mass is 10.3. The first kappa shape index (κ1) is 10.8. The Labute approximate surface area is 104 Å². The van der Waals surface area contributed by atoms with E-state index in [1.54, 1.807) is 4.52 Å². The summed E-state index contributed by atoms with van der Waals surface area (Å²) in [6.07, 6.45) is 2.80. The Balaban J connectivity index is 1.94. The standard InChI is InChI=1S/C11H14ClN5/c1-7-3-8(7)5-16(2)10-4-9(12)15-11-13-6-14-17(10)11/h4,6-8H,3,5H2,1-2H3. The molecule has 0 bridgehead atoms. The third-order valence-electron chi connectivity index (χ3n) is 3.38. The molecule has 1 aliphatic carbocycles.